The molecule has 0 radical (unpaired) electrons. The molecule has 2 bridgehead atoms. The van der Waals surface area contributed by atoms with Crippen LogP contribution >= 0.6 is 0 Å². The van der Waals surface area contributed by atoms with Gasteiger partial charge >= 0.3 is 0 Å². The number of ether oxygens (including phenoxy) is 4. The van der Waals surface area contributed by atoms with Crippen LogP contribution in [-0.2, 0) is 25.7 Å². The number of nitrogens with zero attached hydrogens (tertiary/aromatic N) is 1. The van der Waals surface area contributed by atoms with Gasteiger partial charge in [-0.05, 0) is 67.2 Å². The number of carbonyl (C=O) groups is 4. The van der Waals surface area contributed by atoms with Crippen LogP contribution in [0.15, 0.2) is 60.9 Å². The van der Waals surface area contributed by atoms with E-state index in [1.807, 2.05) is 17.0 Å². The molecule has 3 aromatic rings. The zero-order valence-electron chi connectivity index (χ0n) is 35.3. The molecule has 19 heteroatoms. The highest BCUT2D eigenvalue weighted by Gasteiger charge is 2.62. The number of fused-ring (bicyclic) bond motifs is 7. The molecule has 10 unspecified atom stereocenters. The number of anilines is 1. The summed E-state index contributed by atoms with van der Waals surface area (Å²) < 4.78 is 26.5. The van der Waals surface area contributed by atoms with E-state index in [0.29, 0.717) is 48.8 Å². The number of aliphatic hydroxyl groups excluding tert-OH is 5. The fourth-order valence-corrected chi connectivity index (χ4v) is 10.3. The van der Waals surface area contributed by atoms with E-state index in [1.54, 1.807) is 18.2 Å². The molecule has 3 aromatic carbocycles. The third-order valence-corrected chi connectivity index (χ3v) is 13.6. The average molecular weight is 900 g/mol. The number of carbonyl (C=O) groups excluding carboxylic acids is 4. The van der Waals surface area contributed by atoms with Gasteiger partial charge in [-0.25, -0.2) is 0 Å². The van der Waals surface area contributed by atoms with Crippen LogP contribution in [-0.4, -0.2) is 135 Å². The Morgan fingerprint density at radius 3 is 2.52 bits per heavy atom. The summed E-state index contributed by atoms with van der Waals surface area (Å²) in [6.45, 7) is -1.53. The predicted octanol–water partition coefficient (Wildman–Crippen LogP) is -0.376. The minimum absolute atomic E-state index is 0.0410. The zero-order chi connectivity index (χ0) is 45.8. The van der Waals surface area contributed by atoms with Crippen molar-refractivity contribution in [3.05, 3.63) is 99.8 Å². The maximum Gasteiger partial charge on any atom is 0.242 e. The largest absolute Gasteiger partial charge is 0.492 e. The number of para-hydroxylation sites is 1. The van der Waals surface area contributed by atoms with E-state index in [2.05, 4.69) is 16.0 Å². The first-order chi connectivity index (χ1) is 31.3. The lowest BCUT2D eigenvalue weighted by Crippen LogP contribution is -2.72. The second-order valence-electron chi connectivity index (χ2n) is 17.5. The Bertz CT molecular complexity index is 2390. The molecular formula is C46H53N5O14. The van der Waals surface area contributed by atoms with Gasteiger partial charge in [-0.2, -0.15) is 0 Å². The monoisotopic (exact) mass is 899 g/mol. The van der Waals surface area contributed by atoms with Crippen LogP contribution in [0, 0.1) is 0 Å². The summed E-state index contributed by atoms with van der Waals surface area (Å²) in [4.78, 5) is 56.2. The van der Waals surface area contributed by atoms with Crippen molar-refractivity contribution in [1.82, 2.24) is 16.0 Å². The zero-order valence-corrected chi connectivity index (χ0v) is 35.3. The number of amides is 1. The van der Waals surface area contributed by atoms with E-state index < -0.39 is 104 Å². The number of aliphatic hydroxyl groups is 6. The molecule has 3 saturated heterocycles. The smallest absolute Gasteiger partial charge is 0.242 e. The summed E-state index contributed by atoms with van der Waals surface area (Å²) in [5.41, 5.74) is 3.62. The van der Waals surface area contributed by atoms with Gasteiger partial charge < -0.3 is 64.6 Å². The molecule has 65 heavy (non-hydrogen) atoms. The normalized spacial score (nSPS) is 30.7. The van der Waals surface area contributed by atoms with Gasteiger partial charge in [0.05, 0.1) is 31.2 Å². The van der Waals surface area contributed by atoms with Gasteiger partial charge in [0.15, 0.2) is 28.7 Å². The molecule has 19 nitrogen and oxygen atoms in total. The highest BCUT2D eigenvalue weighted by molar-refractivity contribution is 6.29. The van der Waals surface area contributed by atoms with E-state index in [1.165, 1.54) is 30.5 Å². The highest BCUT2D eigenvalue weighted by Crippen LogP contribution is 2.52. The first-order valence-corrected chi connectivity index (χ1v) is 21.9. The number of nitrogens with one attached hydrogen (secondary N) is 3. The number of hydrogen-bond donors (Lipinski definition) is 10. The lowest BCUT2D eigenvalue weighted by atomic mass is 9.73. The highest BCUT2D eigenvalue weighted by atomic mass is 16.7. The first-order valence-electron chi connectivity index (χ1n) is 21.9. The van der Waals surface area contributed by atoms with Gasteiger partial charge in [0.2, 0.25) is 12.2 Å². The fraction of sp³-hybridized carbons (Fsp3) is 0.478. The van der Waals surface area contributed by atoms with Crippen molar-refractivity contribution in [3.63, 3.8) is 0 Å². The molecule has 6 aliphatic rings. The number of nitrogens with two attached hydrogens (primary N) is 1. The molecule has 9 rings (SSSR count). The molecular weight excluding hydrogens is 847 g/mol. The molecule has 346 valence electrons. The van der Waals surface area contributed by atoms with Crippen molar-refractivity contribution in [2.75, 3.05) is 24.8 Å². The quantitative estimate of drug-likeness (QED) is 0.0908. The third-order valence-electron chi connectivity index (χ3n) is 13.6. The molecule has 0 aromatic heterocycles. The number of benzene rings is 3. The fourth-order valence-electron chi connectivity index (χ4n) is 10.3. The Hall–Kier alpha value is -5.32. The SMILES string of the molecule is NC1NC(=O)C2NCN(c3ccccc3C3C=COC4(CCCCC4)C4OC(Oc5c3cc3c(c5OCC(O)CC=O)C(=O)c5cc(CO)ccc5C3=O)C(O)(CCO)C(O)C4O)C2N1. The Kier molecular flexibility index (Phi) is 12.3. The van der Waals surface area contributed by atoms with Crippen LogP contribution in [0.25, 0.3) is 0 Å². The summed E-state index contributed by atoms with van der Waals surface area (Å²) in [6.07, 6.45) is -4.18. The minimum Gasteiger partial charge on any atom is -0.492 e. The maximum absolute atomic E-state index is 14.9. The Morgan fingerprint density at radius 1 is 0.985 bits per heavy atom. The van der Waals surface area contributed by atoms with Gasteiger partial charge in [-0.1, -0.05) is 30.7 Å². The van der Waals surface area contributed by atoms with E-state index in [4.69, 9.17) is 24.7 Å². The van der Waals surface area contributed by atoms with E-state index in [0.717, 1.165) is 6.42 Å². The molecule has 4 aliphatic heterocycles. The summed E-state index contributed by atoms with van der Waals surface area (Å²) >= 11 is 0. The van der Waals surface area contributed by atoms with Crippen LogP contribution in [0.5, 0.6) is 11.5 Å². The molecule has 2 aliphatic carbocycles. The molecule has 1 amide bonds. The van der Waals surface area contributed by atoms with Crippen molar-refractivity contribution in [3.8, 4) is 11.5 Å². The number of rotatable bonds is 10. The predicted molar refractivity (Wildman–Crippen MR) is 227 cm³/mol. The van der Waals surface area contributed by atoms with Gasteiger partial charge in [0.1, 0.15) is 55.3 Å². The summed E-state index contributed by atoms with van der Waals surface area (Å²) in [5, 5.41) is 76.5. The second kappa shape index (κ2) is 17.8. The van der Waals surface area contributed by atoms with Gasteiger partial charge in [0, 0.05) is 53.3 Å². The topological polar surface area (TPSA) is 292 Å². The molecule has 1 saturated carbocycles. The van der Waals surface area contributed by atoms with E-state index in [9.17, 15) is 49.8 Å². The number of aldehydes is 1. The molecule has 1 spiro atoms. The lowest BCUT2D eigenvalue weighted by Gasteiger charge is -2.53. The van der Waals surface area contributed by atoms with Crippen molar-refractivity contribution in [2.24, 2.45) is 5.73 Å². The summed E-state index contributed by atoms with van der Waals surface area (Å²) in [5.74, 6) is -3.28. The summed E-state index contributed by atoms with van der Waals surface area (Å²) in [6, 6.07) is 12.4. The van der Waals surface area contributed by atoms with E-state index in [-0.39, 0.29) is 58.3 Å². The molecule has 11 N–H and O–H groups in total. The lowest BCUT2D eigenvalue weighted by molar-refractivity contribution is -0.345. The van der Waals surface area contributed by atoms with Gasteiger partial charge in [-0.15, -0.1) is 0 Å². The standard InChI is InChI=1S/C46H53N5O14/c47-44-49-41-33(42(60)50-44)48-22-51(41)31-7-3-2-6-26(31)25-11-17-63-45(12-4-1-5-13-45)40-36(58)39(59)46(61,14-16-53)43(65-40)64-37-29(25)19-30-32(38(37)62-21-24(55)10-15-52)35(57)28-18-23(20-54)8-9-27(28)34(30)56/h2-3,6-9,11,15,17-19,24-25,33,36,39-41,43-44,48-49,53-55,58-59,61H,1,4-5,10,12-14,16,20-22,47H2,(H,50,60). The maximum atomic E-state index is 14.9. The first kappa shape index (κ1) is 44.9. The van der Waals surface area contributed by atoms with Gasteiger partial charge in [0.25, 0.3) is 0 Å². The summed E-state index contributed by atoms with van der Waals surface area (Å²) in [7, 11) is 0. The molecule has 4 fully saturated rings. The average Bonchev–Trinajstić information content (AvgIpc) is 3.72. The number of allylic oxidation sites excluding steroid dienone is 1. The van der Waals surface area contributed by atoms with Crippen molar-refractivity contribution in [1.29, 1.82) is 0 Å². The number of ketones is 2. The van der Waals surface area contributed by atoms with Crippen LogP contribution in [0.4, 0.5) is 5.69 Å². The van der Waals surface area contributed by atoms with Crippen LogP contribution in [0.1, 0.15) is 99.4 Å². The second-order valence-corrected chi connectivity index (χ2v) is 17.5. The molecule has 10 atom stereocenters. The van der Waals surface area contributed by atoms with Crippen molar-refractivity contribution in [2.45, 2.75) is 118 Å². The van der Waals surface area contributed by atoms with Crippen LogP contribution in [0.2, 0.25) is 0 Å². The minimum atomic E-state index is -2.51. The third kappa shape index (κ3) is 7.68. The van der Waals surface area contributed by atoms with Crippen molar-refractivity contribution >= 4 is 29.4 Å². The Labute approximate surface area is 373 Å². The van der Waals surface area contributed by atoms with Gasteiger partial charge in [-0.3, -0.25) is 30.8 Å². The van der Waals surface area contributed by atoms with Crippen LogP contribution < -0.4 is 36.1 Å². The van der Waals surface area contributed by atoms with E-state index >= 15 is 0 Å². The Balaban J connectivity index is 1.32. The number of hydrogen-bond acceptors (Lipinski definition) is 18. The van der Waals surface area contributed by atoms with Crippen molar-refractivity contribution < 1.29 is 68.8 Å². The molecule has 4 heterocycles. The van der Waals surface area contributed by atoms with Crippen LogP contribution in [0.3, 0.4) is 0 Å². The Morgan fingerprint density at radius 2 is 1.77 bits per heavy atom.